The van der Waals surface area contributed by atoms with Crippen molar-refractivity contribution < 1.29 is 4.79 Å². The molecule has 0 unspecified atom stereocenters. The van der Waals surface area contributed by atoms with Gasteiger partial charge in [-0.1, -0.05) is 0 Å². The van der Waals surface area contributed by atoms with Gasteiger partial charge in [0.05, 0.1) is 11.9 Å². The zero-order chi connectivity index (χ0) is 16.0. The molecule has 1 aliphatic carbocycles. The van der Waals surface area contributed by atoms with Gasteiger partial charge in [0.2, 0.25) is 5.91 Å². The average molecular weight is 330 g/mol. The number of fused-ring (bicyclic) bond motifs is 1. The number of nitrogens with one attached hydrogen (secondary N) is 1. The van der Waals surface area contributed by atoms with Crippen LogP contribution in [0, 0.1) is 0 Å². The molecular formula is C14H14N6O2S. The van der Waals surface area contributed by atoms with Crippen LogP contribution < -0.4 is 10.9 Å². The number of rotatable bonds is 4. The Morgan fingerprint density at radius 2 is 2.30 bits per heavy atom. The van der Waals surface area contributed by atoms with E-state index in [4.69, 9.17) is 0 Å². The Kier molecular flexibility index (Phi) is 3.22. The predicted molar refractivity (Wildman–Crippen MR) is 85.5 cm³/mol. The Balaban J connectivity index is 1.51. The summed E-state index contributed by atoms with van der Waals surface area (Å²) in [5.41, 5.74) is 1.26. The van der Waals surface area contributed by atoms with E-state index in [-0.39, 0.29) is 18.0 Å². The van der Waals surface area contributed by atoms with Gasteiger partial charge in [-0.15, -0.1) is 11.3 Å². The molecule has 0 atom stereocenters. The average Bonchev–Trinajstić information content (AvgIpc) is 3.16. The summed E-state index contributed by atoms with van der Waals surface area (Å²) in [6, 6.07) is 0. The SMILES string of the molecule is Cn1ncc2c(=O)n(CC(=O)Nc3nc(C4CC4)cs3)cnc21. The zero-order valence-electron chi connectivity index (χ0n) is 12.4. The third-order valence-corrected chi connectivity index (χ3v) is 4.57. The van der Waals surface area contributed by atoms with E-state index in [1.54, 1.807) is 7.05 Å². The minimum Gasteiger partial charge on any atom is -0.300 e. The van der Waals surface area contributed by atoms with Gasteiger partial charge < -0.3 is 5.32 Å². The van der Waals surface area contributed by atoms with Crippen LogP contribution in [0.25, 0.3) is 11.0 Å². The zero-order valence-corrected chi connectivity index (χ0v) is 13.2. The lowest BCUT2D eigenvalue weighted by atomic mass is 10.3. The van der Waals surface area contributed by atoms with E-state index in [1.807, 2.05) is 5.38 Å². The lowest BCUT2D eigenvalue weighted by Gasteiger charge is -2.05. The molecule has 1 aliphatic rings. The number of hydrogen-bond acceptors (Lipinski definition) is 6. The Hall–Kier alpha value is -2.55. The lowest BCUT2D eigenvalue weighted by molar-refractivity contribution is -0.116. The fourth-order valence-corrected chi connectivity index (χ4v) is 3.21. The van der Waals surface area contributed by atoms with Crippen molar-refractivity contribution in [3.8, 4) is 0 Å². The molecule has 3 aromatic rings. The van der Waals surface area contributed by atoms with Gasteiger partial charge in [-0.05, 0) is 12.8 Å². The molecule has 0 saturated heterocycles. The van der Waals surface area contributed by atoms with Gasteiger partial charge in [-0.2, -0.15) is 5.10 Å². The number of aryl methyl sites for hydroxylation is 1. The molecule has 1 amide bonds. The van der Waals surface area contributed by atoms with Gasteiger partial charge in [-0.25, -0.2) is 9.97 Å². The third-order valence-electron chi connectivity index (χ3n) is 3.80. The Morgan fingerprint density at radius 3 is 3.09 bits per heavy atom. The first-order valence-corrected chi connectivity index (χ1v) is 8.12. The minimum absolute atomic E-state index is 0.102. The van der Waals surface area contributed by atoms with Crippen LogP contribution in [0.2, 0.25) is 0 Å². The molecule has 9 heteroatoms. The van der Waals surface area contributed by atoms with Crippen molar-refractivity contribution in [3.05, 3.63) is 34.0 Å². The number of nitrogens with zero attached hydrogens (tertiary/aromatic N) is 5. The van der Waals surface area contributed by atoms with Crippen LogP contribution in [-0.4, -0.2) is 30.2 Å². The third kappa shape index (κ3) is 2.63. The Bertz CT molecular complexity index is 952. The van der Waals surface area contributed by atoms with Gasteiger partial charge in [0.25, 0.3) is 5.56 Å². The van der Waals surface area contributed by atoms with Crippen LogP contribution in [0.15, 0.2) is 22.7 Å². The Morgan fingerprint density at radius 1 is 1.48 bits per heavy atom. The number of thiazole rings is 1. The molecule has 118 valence electrons. The van der Waals surface area contributed by atoms with Crippen molar-refractivity contribution >= 4 is 33.4 Å². The summed E-state index contributed by atoms with van der Waals surface area (Å²) in [4.78, 5) is 33.0. The van der Waals surface area contributed by atoms with Crippen molar-refractivity contribution in [2.24, 2.45) is 7.05 Å². The normalized spacial score (nSPS) is 14.3. The topological polar surface area (TPSA) is 94.7 Å². The molecule has 8 nitrogen and oxygen atoms in total. The van der Waals surface area contributed by atoms with Crippen molar-refractivity contribution in [1.29, 1.82) is 0 Å². The van der Waals surface area contributed by atoms with E-state index >= 15 is 0 Å². The molecule has 1 saturated carbocycles. The van der Waals surface area contributed by atoms with E-state index < -0.39 is 0 Å². The number of anilines is 1. The Labute approximate surface area is 134 Å². The lowest BCUT2D eigenvalue weighted by Crippen LogP contribution is -2.27. The second-order valence-electron chi connectivity index (χ2n) is 5.58. The van der Waals surface area contributed by atoms with Gasteiger partial charge in [0.15, 0.2) is 10.8 Å². The van der Waals surface area contributed by atoms with Crippen LogP contribution in [0.3, 0.4) is 0 Å². The summed E-state index contributed by atoms with van der Waals surface area (Å²) in [6.07, 6.45) is 5.16. The van der Waals surface area contributed by atoms with Crippen LogP contribution in [0.5, 0.6) is 0 Å². The molecule has 1 N–H and O–H groups in total. The quantitative estimate of drug-likeness (QED) is 0.773. The van der Waals surface area contributed by atoms with Crippen molar-refractivity contribution in [2.45, 2.75) is 25.3 Å². The van der Waals surface area contributed by atoms with Crippen molar-refractivity contribution in [1.82, 2.24) is 24.3 Å². The van der Waals surface area contributed by atoms with Crippen LogP contribution >= 0.6 is 11.3 Å². The highest BCUT2D eigenvalue weighted by Crippen LogP contribution is 2.40. The highest BCUT2D eigenvalue weighted by molar-refractivity contribution is 7.13. The summed E-state index contributed by atoms with van der Waals surface area (Å²) in [7, 11) is 1.71. The molecular weight excluding hydrogens is 316 g/mol. The molecule has 0 spiro atoms. The summed E-state index contributed by atoms with van der Waals surface area (Å²) < 4.78 is 2.80. The summed E-state index contributed by atoms with van der Waals surface area (Å²) in [5.74, 6) is 0.255. The maximum atomic E-state index is 12.3. The molecule has 4 rings (SSSR count). The van der Waals surface area contributed by atoms with E-state index in [2.05, 4.69) is 20.4 Å². The first-order valence-electron chi connectivity index (χ1n) is 7.24. The van der Waals surface area contributed by atoms with E-state index in [1.165, 1.54) is 46.0 Å². The molecule has 0 aliphatic heterocycles. The molecule has 3 heterocycles. The number of hydrogen-bond donors (Lipinski definition) is 1. The van der Waals surface area contributed by atoms with E-state index in [0.717, 1.165) is 5.69 Å². The molecule has 0 bridgehead atoms. The molecule has 0 aromatic carbocycles. The second-order valence-corrected chi connectivity index (χ2v) is 6.44. The summed E-state index contributed by atoms with van der Waals surface area (Å²) >= 11 is 1.41. The number of carbonyl (C=O) groups is 1. The largest absolute Gasteiger partial charge is 0.300 e. The molecule has 1 fully saturated rings. The maximum absolute atomic E-state index is 12.3. The standard InChI is InChI=1S/C14H14N6O2S/c1-19-12-9(4-16-19)13(22)20(7-15-12)5-11(21)18-14-17-10(6-23-14)8-2-3-8/h4,6-8H,2-3,5H2,1H3,(H,17,18,21). The predicted octanol–water partition coefficient (Wildman–Crippen LogP) is 1.10. The number of amides is 1. The van der Waals surface area contributed by atoms with Gasteiger partial charge in [0, 0.05) is 18.3 Å². The van der Waals surface area contributed by atoms with Crippen molar-refractivity contribution in [3.63, 3.8) is 0 Å². The van der Waals surface area contributed by atoms with Crippen LogP contribution in [0.1, 0.15) is 24.5 Å². The molecule has 0 radical (unpaired) electrons. The first-order chi connectivity index (χ1) is 11.1. The van der Waals surface area contributed by atoms with E-state index in [0.29, 0.717) is 22.1 Å². The second kappa shape index (κ2) is 5.27. The fraction of sp³-hybridized carbons (Fsp3) is 0.357. The van der Waals surface area contributed by atoms with Gasteiger partial charge in [-0.3, -0.25) is 18.8 Å². The molecule has 23 heavy (non-hydrogen) atoms. The summed E-state index contributed by atoms with van der Waals surface area (Å²) in [6.45, 7) is -0.102. The molecule has 3 aromatic heterocycles. The monoisotopic (exact) mass is 330 g/mol. The maximum Gasteiger partial charge on any atom is 0.264 e. The number of carbonyl (C=O) groups excluding carboxylic acids is 1. The van der Waals surface area contributed by atoms with E-state index in [9.17, 15) is 9.59 Å². The number of aromatic nitrogens is 5. The first kappa shape index (κ1) is 14.1. The van der Waals surface area contributed by atoms with Gasteiger partial charge >= 0.3 is 0 Å². The van der Waals surface area contributed by atoms with Crippen molar-refractivity contribution in [2.75, 3.05) is 5.32 Å². The highest BCUT2D eigenvalue weighted by atomic mass is 32.1. The minimum atomic E-state index is -0.297. The van der Waals surface area contributed by atoms with Crippen LogP contribution in [0.4, 0.5) is 5.13 Å². The summed E-state index contributed by atoms with van der Waals surface area (Å²) in [5, 5.41) is 9.68. The highest BCUT2D eigenvalue weighted by Gasteiger charge is 2.26. The van der Waals surface area contributed by atoms with Gasteiger partial charge in [0.1, 0.15) is 18.3 Å². The van der Waals surface area contributed by atoms with Crippen LogP contribution in [-0.2, 0) is 18.4 Å². The fourth-order valence-electron chi connectivity index (χ4n) is 2.40. The smallest absolute Gasteiger partial charge is 0.264 e.